The summed E-state index contributed by atoms with van der Waals surface area (Å²) in [6, 6.07) is 0.0258. The Morgan fingerprint density at radius 1 is 1.12 bits per heavy atom. The van der Waals surface area contributed by atoms with Crippen molar-refractivity contribution >= 4 is 22.5 Å². The van der Waals surface area contributed by atoms with Gasteiger partial charge in [-0.3, -0.25) is 4.90 Å². The SMILES string of the molecule is CN1CC(N2CCOCC2)N(c2nnc(C3CCCCC3)s2)C1=O. The second kappa shape index (κ2) is 6.93. The van der Waals surface area contributed by atoms with Crippen LogP contribution in [0.2, 0.25) is 0 Å². The van der Waals surface area contributed by atoms with Crippen LogP contribution >= 0.6 is 11.3 Å². The normalized spacial score (nSPS) is 27.2. The Bertz CT molecular complexity index is 583. The molecule has 1 unspecified atom stereocenters. The van der Waals surface area contributed by atoms with Crippen LogP contribution in [0.3, 0.4) is 0 Å². The van der Waals surface area contributed by atoms with Crippen LogP contribution in [0.1, 0.15) is 43.0 Å². The van der Waals surface area contributed by atoms with Crippen molar-refractivity contribution in [2.24, 2.45) is 0 Å². The number of hydrogen-bond donors (Lipinski definition) is 0. The number of likely N-dealkylation sites (N-methyl/N-ethyl adjacent to an activating group) is 1. The van der Waals surface area contributed by atoms with E-state index in [0.717, 1.165) is 36.4 Å². The Morgan fingerprint density at radius 3 is 2.62 bits per heavy atom. The molecule has 8 heteroatoms. The van der Waals surface area contributed by atoms with Crippen LogP contribution in [0.15, 0.2) is 0 Å². The van der Waals surface area contributed by atoms with Crippen LogP contribution in [0.4, 0.5) is 9.93 Å². The molecule has 2 aliphatic heterocycles. The highest BCUT2D eigenvalue weighted by molar-refractivity contribution is 7.15. The van der Waals surface area contributed by atoms with Gasteiger partial charge in [0.25, 0.3) is 0 Å². The third-order valence-electron chi connectivity index (χ3n) is 5.33. The molecule has 3 heterocycles. The first kappa shape index (κ1) is 16.2. The molecular formula is C16H25N5O2S. The second-order valence-corrected chi connectivity index (χ2v) is 7.91. The summed E-state index contributed by atoms with van der Waals surface area (Å²) >= 11 is 1.61. The molecule has 0 spiro atoms. The quantitative estimate of drug-likeness (QED) is 0.835. The van der Waals surface area contributed by atoms with Gasteiger partial charge in [-0.15, -0.1) is 10.2 Å². The number of amides is 2. The molecule has 0 N–H and O–H groups in total. The molecule has 7 nitrogen and oxygen atoms in total. The molecule has 3 aliphatic rings. The van der Waals surface area contributed by atoms with Crippen molar-refractivity contribution in [3.05, 3.63) is 5.01 Å². The Hall–Kier alpha value is -1.25. The molecule has 24 heavy (non-hydrogen) atoms. The van der Waals surface area contributed by atoms with Gasteiger partial charge >= 0.3 is 6.03 Å². The van der Waals surface area contributed by atoms with Gasteiger partial charge < -0.3 is 9.64 Å². The van der Waals surface area contributed by atoms with Gasteiger partial charge in [0.05, 0.1) is 19.8 Å². The average molecular weight is 351 g/mol. The summed E-state index contributed by atoms with van der Waals surface area (Å²) in [6.07, 6.45) is 6.34. The number of anilines is 1. The smallest absolute Gasteiger partial charge is 0.327 e. The second-order valence-electron chi connectivity index (χ2n) is 6.92. The fourth-order valence-corrected chi connectivity index (χ4v) is 4.97. The van der Waals surface area contributed by atoms with E-state index in [2.05, 4.69) is 15.1 Å². The van der Waals surface area contributed by atoms with Crippen LogP contribution in [0, 0.1) is 0 Å². The maximum absolute atomic E-state index is 12.7. The number of morpholine rings is 1. The minimum atomic E-state index is 0.0258. The van der Waals surface area contributed by atoms with Crippen LogP contribution in [-0.4, -0.2) is 72.1 Å². The predicted molar refractivity (Wildman–Crippen MR) is 92.4 cm³/mol. The van der Waals surface area contributed by atoms with Gasteiger partial charge in [-0.1, -0.05) is 30.6 Å². The van der Waals surface area contributed by atoms with E-state index in [1.54, 1.807) is 16.2 Å². The summed E-state index contributed by atoms with van der Waals surface area (Å²) in [5.41, 5.74) is 0. The van der Waals surface area contributed by atoms with Crippen molar-refractivity contribution in [1.82, 2.24) is 20.0 Å². The monoisotopic (exact) mass is 351 g/mol. The largest absolute Gasteiger partial charge is 0.379 e. The molecule has 1 saturated carbocycles. The highest BCUT2D eigenvalue weighted by atomic mass is 32.1. The zero-order valence-corrected chi connectivity index (χ0v) is 15.0. The third-order valence-corrected chi connectivity index (χ3v) is 6.41. The van der Waals surface area contributed by atoms with E-state index >= 15 is 0 Å². The van der Waals surface area contributed by atoms with Gasteiger partial charge in [0, 0.05) is 26.1 Å². The molecular weight excluding hydrogens is 326 g/mol. The van der Waals surface area contributed by atoms with Crippen LogP contribution < -0.4 is 4.90 Å². The van der Waals surface area contributed by atoms with Crippen LogP contribution in [-0.2, 0) is 4.74 Å². The van der Waals surface area contributed by atoms with Crippen molar-refractivity contribution in [3.8, 4) is 0 Å². The highest BCUT2D eigenvalue weighted by Gasteiger charge is 2.42. The number of nitrogens with zero attached hydrogens (tertiary/aromatic N) is 5. The summed E-state index contributed by atoms with van der Waals surface area (Å²) in [5.74, 6) is 0.530. The van der Waals surface area contributed by atoms with Gasteiger partial charge in [0.2, 0.25) is 5.13 Å². The summed E-state index contributed by atoms with van der Waals surface area (Å²) in [4.78, 5) is 18.6. The molecule has 4 rings (SSSR count). The molecule has 132 valence electrons. The molecule has 1 aromatic heterocycles. The number of hydrogen-bond acceptors (Lipinski definition) is 6. The fourth-order valence-electron chi connectivity index (χ4n) is 3.92. The highest BCUT2D eigenvalue weighted by Crippen LogP contribution is 2.37. The summed E-state index contributed by atoms with van der Waals surface area (Å²) in [5, 5.41) is 10.7. The van der Waals surface area contributed by atoms with Gasteiger partial charge in [-0.25, -0.2) is 9.69 Å². The van der Waals surface area contributed by atoms with Crippen molar-refractivity contribution in [2.45, 2.75) is 44.2 Å². The lowest BCUT2D eigenvalue weighted by atomic mass is 9.90. The van der Waals surface area contributed by atoms with E-state index in [1.165, 1.54) is 32.1 Å². The topological polar surface area (TPSA) is 61.8 Å². The first-order valence-electron chi connectivity index (χ1n) is 8.93. The minimum Gasteiger partial charge on any atom is -0.379 e. The predicted octanol–water partition coefficient (Wildman–Crippen LogP) is 2.12. The van der Waals surface area contributed by atoms with Crippen molar-refractivity contribution in [3.63, 3.8) is 0 Å². The summed E-state index contributed by atoms with van der Waals surface area (Å²) in [6.45, 7) is 3.88. The Kier molecular flexibility index (Phi) is 4.69. The lowest BCUT2D eigenvalue weighted by Crippen LogP contribution is -2.51. The number of aromatic nitrogens is 2. The Balaban J connectivity index is 1.55. The molecule has 2 saturated heterocycles. The first-order valence-corrected chi connectivity index (χ1v) is 9.75. The number of rotatable bonds is 3. The van der Waals surface area contributed by atoms with Crippen molar-refractivity contribution in [2.75, 3.05) is 44.8 Å². The fraction of sp³-hybridized carbons (Fsp3) is 0.812. The Labute approximate surface area is 146 Å². The molecule has 0 bridgehead atoms. The molecule has 0 radical (unpaired) electrons. The molecule has 1 aliphatic carbocycles. The number of ether oxygens (including phenoxy) is 1. The van der Waals surface area contributed by atoms with Gasteiger partial charge in [0.1, 0.15) is 11.2 Å². The van der Waals surface area contributed by atoms with Gasteiger partial charge in [0.15, 0.2) is 0 Å². The van der Waals surface area contributed by atoms with E-state index in [4.69, 9.17) is 4.74 Å². The lowest BCUT2D eigenvalue weighted by molar-refractivity contribution is 0.0194. The number of urea groups is 1. The molecule has 1 atom stereocenters. The van der Waals surface area contributed by atoms with Crippen molar-refractivity contribution in [1.29, 1.82) is 0 Å². The van der Waals surface area contributed by atoms with E-state index < -0.39 is 0 Å². The maximum Gasteiger partial charge on any atom is 0.327 e. The number of carbonyl (C=O) groups is 1. The minimum absolute atomic E-state index is 0.0258. The van der Waals surface area contributed by atoms with Crippen LogP contribution in [0.5, 0.6) is 0 Å². The molecule has 2 amide bonds. The van der Waals surface area contributed by atoms with Gasteiger partial charge in [-0.2, -0.15) is 0 Å². The number of carbonyl (C=O) groups excluding carboxylic acids is 1. The van der Waals surface area contributed by atoms with E-state index in [-0.39, 0.29) is 12.2 Å². The average Bonchev–Trinajstić information content (AvgIpc) is 3.22. The third kappa shape index (κ3) is 3.02. The molecule has 0 aromatic carbocycles. The lowest BCUT2D eigenvalue weighted by Gasteiger charge is -2.34. The summed E-state index contributed by atoms with van der Waals surface area (Å²) in [7, 11) is 1.86. The zero-order valence-electron chi connectivity index (χ0n) is 14.2. The van der Waals surface area contributed by atoms with Crippen molar-refractivity contribution < 1.29 is 9.53 Å². The van der Waals surface area contributed by atoms with Crippen LogP contribution in [0.25, 0.3) is 0 Å². The maximum atomic E-state index is 12.7. The Morgan fingerprint density at radius 2 is 1.88 bits per heavy atom. The zero-order chi connectivity index (χ0) is 16.5. The van der Waals surface area contributed by atoms with E-state index in [9.17, 15) is 4.79 Å². The standard InChI is InChI=1S/C16H25N5O2S/c1-19-11-13(20-7-9-23-10-8-20)21(16(19)22)15-18-17-14(24-15)12-5-3-2-4-6-12/h12-13H,2-11H2,1H3. The molecule has 3 fully saturated rings. The molecule has 1 aromatic rings. The van der Waals surface area contributed by atoms with E-state index in [1.807, 2.05) is 11.9 Å². The van der Waals surface area contributed by atoms with Gasteiger partial charge in [-0.05, 0) is 12.8 Å². The first-order chi connectivity index (χ1) is 11.7. The van der Waals surface area contributed by atoms with E-state index in [0.29, 0.717) is 12.5 Å². The summed E-state index contributed by atoms with van der Waals surface area (Å²) < 4.78 is 5.45.